The van der Waals surface area contributed by atoms with Gasteiger partial charge in [-0.2, -0.15) is 0 Å². The molecule has 94 valence electrons. The lowest BCUT2D eigenvalue weighted by atomic mass is 10.2. The van der Waals surface area contributed by atoms with Gasteiger partial charge >= 0.3 is 0 Å². The topological polar surface area (TPSA) is 115 Å². The lowest BCUT2D eigenvalue weighted by molar-refractivity contribution is -0.385. The molecule has 0 fully saturated rings. The van der Waals surface area contributed by atoms with Gasteiger partial charge in [0.25, 0.3) is 5.69 Å². The number of benzene rings is 1. The molecule has 0 saturated carbocycles. The van der Waals surface area contributed by atoms with Crippen molar-refractivity contribution in [3.8, 4) is 0 Å². The molecule has 17 heavy (non-hydrogen) atoms. The van der Waals surface area contributed by atoms with E-state index in [2.05, 4.69) is 4.72 Å². The number of nitrogens with zero attached hydrogens (tertiary/aromatic N) is 1. The Morgan fingerprint density at radius 3 is 2.65 bits per heavy atom. The maximum absolute atomic E-state index is 11.7. The molecule has 1 rings (SSSR count). The van der Waals surface area contributed by atoms with E-state index in [-0.39, 0.29) is 23.7 Å². The largest absolute Gasteiger partial charge is 0.329 e. The average Bonchev–Trinajstić information content (AvgIpc) is 2.26. The lowest BCUT2D eigenvalue weighted by Crippen LogP contribution is -2.29. The SMILES string of the molecule is Cc1ccc(S(=O)(=O)NCCN)cc1[N+](=O)[O-]. The van der Waals surface area contributed by atoms with Gasteiger partial charge in [0.15, 0.2) is 0 Å². The highest BCUT2D eigenvalue weighted by atomic mass is 32.2. The first-order valence-electron chi connectivity index (χ1n) is 4.83. The highest BCUT2D eigenvalue weighted by Gasteiger charge is 2.18. The second-order valence-electron chi connectivity index (χ2n) is 3.39. The Kier molecular flexibility index (Phi) is 4.16. The third-order valence-electron chi connectivity index (χ3n) is 2.12. The molecule has 0 aliphatic rings. The molecule has 0 heterocycles. The highest BCUT2D eigenvalue weighted by molar-refractivity contribution is 7.89. The van der Waals surface area contributed by atoms with Crippen molar-refractivity contribution in [2.75, 3.05) is 13.1 Å². The first-order valence-corrected chi connectivity index (χ1v) is 6.31. The fourth-order valence-electron chi connectivity index (χ4n) is 1.23. The van der Waals surface area contributed by atoms with Gasteiger partial charge in [0.1, 0.15) is 0 Å². The van der Waals surface area contributed by atoms with Gasteiger partial charge in [0, 0.05) is 24.7 Å². The minimum absolute atomic E-state index is 0.0873. The standard InChI is InChI=1S/C9H13N3O4S/c1-7-2-3-8(6-9(7)12(13)14)17(15,16)11-5-4-10/h2-3,6,11H,4-5,10H2,1H3. The van der Waals surface area contributed by atoms with Crippen molar-refractivity contribution in [2.45, 2.75) is 11.8 Å². The molecule has 0 aliphatic heterocycles. The maximum Gasteiger partial charge on any atom is 0.273 e. The minimum Gasteiger partial charge on any atom is -0.329 e. The van der Waals surface area contributed by atoms with Crippen LogP contribution in [0.2, 0.25) is 0 Å². The van der Waals surface area contributed by atoms with Gasteiger partial charge in [-0.05, 0) is 13.0 Å². The summed E-state index contributed by atoms with van der Waals surface area (Å²) in [4.78, 5) is 9.94. The maximum atomic E-state index is 11.7. The van der Waals surface area contributed by atoms with Crippen molar-refractivity contribution in [2.24, 2.45) is 5.73 Å². The predicted octanol–water partition coefficient (Wildman–Crippen LogP) is 0.140. The summed E-state index contributed by atoms with van der Waals surface area (Å²) in [5.41, 5.74) is 5.37. The fourth-order valence-corrected chi connectivity index (χ4v) is 2.30. The zero-order valence-corrected chi connectivity index (χ0v) is 10.0. The first-order chi connectivity index (χ1) is 7.88. The van der Waals surface area contributed by atoms with Gasteiger partial charge in [0.2, 0.25) is 10.0 Å². The van der Waals surface area contributed by atoms with Gasteiger partial charge in [0.05, 0.1) is 9.82 Å². The number of hydrogen-bond acceptors (Lipinski definition) is 5. The van der Waals surface area contributed by atoms with Gasteiger partial charge < -0.3 is 5.73 Å². The van der Waals surface area contributed by atoms with Gasteiger partial charge in [-0.25, -0.2) is 13.1 Å². The molecule has 0 saturated heterocycles. The van der Waals surface area contributed by atoms with E-state index in [0.717, 1.165) is 6.07 Å². The zero-order valence-electron chi connectivity index (χ0n) is 9.21. The van der Waals surface area contributed by atoms with E-state index in [1.165, 1.54) is 12.1 Å². The molecule has 7 nitrogen and oxygen atoms in total. The van der Waals surface area contributed by atoms with Crippen LogP contribution in [0.25, 0.3) is 0 Å². The summed E-state index contributed by atoms with van der Waals surface area (Å²) in [5.74, 6) is 0. The molecule has 8 heteroatoms. The molecule has 0 aromatic heterocycles. The van der Waals surface area contributed by atoms with Crippen LogP contribution in [0.1, 0.15) is 5.56 Å². The number of nitrogens with two attached hydrogens (primary N) is 1. The Balaban J connectivity index is 3.16. The van der Waals surface area contributed by atoms with Crippen LogP contribution < -0.4 is 10.5 Å². The molecular formula is C9H13N3O4S. The summed E-state index contributed by atoms with van der Waals surface area (Å²) in [6.07, 6.45) is 0. The Bertz CT molecular complexity index is 527. The average molecular weight is 259 g/mol. The molecule has 0 amide bonds. The Hall–Kier alpha value is -1.51. The van der Waals surface area contributed by atoms with Crippen LogP contribution in [0.5, 0.6) is 0 Å². The van der Waals surface area contributed by atoms with Gasteiger partial charge in [-0.15, -0.1) is 0 Å². The van der Waals surface area contributed by atoms with E-state index >= 15 is 0 Å². The molecule has 3 N–H and O–H groups in total. The minimum atomic E-state index is -3.73. The molecule has 0 unspecified atom stereocenters. The van der Waals surface area contributed by atoms with Crippen LogP contribution in [0.15, 0.2) is 23.1 Å². The van der Waals surface area contributed by atoms with Crippen molar-refractivity contribution in [3.05, 3.63) is 33.9 Å². The van der Waals surface area contributed by atoms with Crippen molar-refractivity contribution >= 4 is 15.7 Å². The molecule has 0 atom stereocenters. The highest BCUT2D eigenvalue weighted by Crippen LogP contribution is 2.21. The molecular weight excluding hydrogens is 246 g/mol. The number of nitrogens with one attached hydrogen (secondary N) is 1. The second-order valence-corrected chi connectivity index (χ2v) is 5.16. The van der Waals surface area contributed by atoms with E-state index in [0.29, 0.717) is 5.56 Å². The van der Waals surface area contributed by atoms with Gasteiger partial charge in [-0.3, -0.25) is 10.1 Å². The molecule has 0 bridgehead atoms. The van der Waals surface area contributed by atoms with Crippen LogP contribution in [0.4, 0.5) is 5.69 Å². The normalized spacial score (nSPS) is 11.4. The quantitative estimate of drug-likeness (QED) is 0.576. The molecule has 0 spiro atoms. The van der Waals surface area contributed by atoms with E-state index in [1.54, 1.807) is 6.92 Å². The summed E-state index contributed by atoms with van der Waals surface area (Å²) in [5, 5.41) is 10.7. The number of sulfonamides is 1. The van der Waals surface area contributed by atoms with Crippen LogP contribution in [-0.4, -0.2) is 26.4 Å². The number of hydrogen-bond donors (Lipinski definition) is 2. The Labute approximate surface area is 98.8 Å². The van der Waals surface area contributed by atoms with Crippen LogP contribution in [0.3, 0.4) is 0 Å². The van der Waals surface area contributed by atoms with Crippen LogP contribution in [0, 0.1) is 17.0 Å². The second kappa shape index (κ2) is 5.21. The predicted molar refractivity (Wildman–Crippen MR) is 62.1 cm³/mol. The summed E-state index contributed by atoms with van der Waals surface area (Å²) in [6.45, 7) is 1.79. The third kappa shape index (κ3) is 3.22. The number of aryl methyl sites for hydroxylation is 1. The molecule has 0 aliphatic carbocycles. The summed E-state index contributed by atoms with van der Waals surface area (Å²) in [6, 6.07) is 3.75. The van der Waals surface area contributed by atoms with Crippen molar-refractivity contribution < 1.29 is 13.3 Å². The summed E-state index contributed by atoms with van der Waals surface area (Å²) < 4.78 is 25.6. The molecule has 1 aromatic carbocycles. The Morgan fingerprint density at radius 1 is 1.47 bits per heavy atom. The summed E-state index contributed by atoms with van der Waals surface area (Å²) in [7, 11) is -3.73. The van der Waals surface area contributed by atoms with Crippen molar-refractivity contribution in [1.82, 2.24) is 4.72 Å². The van der Waals surface area contributed by atoms with Crippen molar-refractivity contribution in [1.29, 1.82) is 0 Å². The lowest BCUT2D eigenvalue weighted by Gasteiger charge is -2.06. The summed E-state index contributed by atoms with van der Waals surface area (Å²) >= 11 is 0. The van der Waals surface area contributed by atoms with Crippen LogP contribution >= 0.6 is 0 Å². The monoisotopic (exact) mass is 259 g/mol. The zero-order chi connectivity index (χ0) is 13.1. The van der Waals surface area contributed by atoms with E-state index < -0.39 is 14.9 Å². The fraction of sp³-hybridized carbons (Fsp3) is 0.333. The van der Waals surface area contributed by atoms with E-state index in [4.69, 9.17) is 5.73 Å². The number of nitro groups is 1. The van der Waals surface area contributed by atoms with Gasteiger partial charge in [-0.1, -0.05) is 6.07 Å². The third-order valence-corrected chi connectivity index (χ3v) is 3.58. The molecule has 0 radical (unpaired) electrons. The van der Waals surface area contributed by atoms with Crippen LogP contribution in [-0.2, 0) is 10.0 Å². The number of nitro benzene ring substituents is 1. The van der Waals surface area contributed by atoms with Crippen molar-refractivity contribution in [3.63, 3.8) is 0 Å². The smallest absolute Gasteiger partial charge is 0.273 e. The Morgan fingerprint density at radius 2 is 2.12 bits per heavy atom. The van der Waals surface area contributed by atoms with E-state index in [9.17, 15) is 18.5 Å². The number of rotatable bonds is 5. The first kappa shape index (κ1) is 13.6. The molecule has 1 aromatic rings. The van der Waals surface area contributed by atoms with E-state index in [1.807, 2.05) is 0 Å².